The number of hydrogen-bond acceptors (Lipinski definition) is 2. The minimum absolute atomic E-state index is 0.140. The van der Waals surface area contributed by atoms with Gasteiger partial charge in [-0.05, 0) is 38.1 Å². The van der Waals surface area contributed by atoms with E-state index >= 15 is 0 Å². The molecule has 0 unspecified atom stereocenters. The van der Waals surface area contributed by atoms with Crippen LogP contribution >= 0.6 is 0 Å². The van der Waals surface area contributed by atoms with E-state index in [4.69, 9.17) is 4.79 Å². The Labute approximate surface area is 118 Å². The van der Waals surface area contributed by atoms with Crippen LogP contribution in [0.15, 0.2) is 30.5 Å². The topological polar surface area (TPSA) is 36.1 Å². The monoisotopic (exact) mass is 274 g/mol. The molecule has 1 aromatic heterocycles. The zero-order valence-corrected chi connectivity index (χ0v) is 11.8. The Kier molecular flexibility index (Phi) is 4.69. The maximum Gasteiger partial charge on any atom is 0.133 e. The molecule has 0 saturated heterocycles. The van der Waals surface area contributed by atoms with Crippen molar-refractivity contribution < 1.29 is 9.18 Å². The third kappa shape index (κ3) is 2.96. The summed E-state index contributed by atoms with van der Waals surface area (Å²) in [6.07, 6.45) is 5.85. The number of likely N-dealkylation sites (N-methyl/N-ethyl adjacent to an activating group) is 1. The number of carbonyl (C=O) groups excluding carboxylic acids is 1. The smallest absolute Gasteiger partial charge is 0.133 e. The lowest BCUT2D eigenvalue weighted by Crippen LogP contribution is -2.23. The molecule has 0 spiro atoms. The van der Waals surface area contributed by atoms with Crippen LogP contribution in [0.5, 0.6) is 0 Å². The van der Waals surface area contributed by atoms with Crippen LogP contribution in [-0.2, 0) is 4.79 Å². The number of aldehydes is 1. The molecule has 0 amide bonds. The second kappa shape index (κ2) is 6.48. The number of fused-ring (bicyclic) bond motifs is 1. The van der Waals surface area contributed by atoms with Crippen LogP contribution < -0.4 is 0 Å². The molecule has 0 aliphatic carbocycles. The van der Waals surface area contributed by atoms with Gasteiger partial charge in [-0.3, -0.25) is 0 Å². The zero-order chi connectivity index (χ0) is 14.5. The second-order valence-electron chi connectivity index (χ2n) is 4.84. The van der Waals surface area contributed by atoms with Crippen LogP contribution in [0.25, 0.3) is 16.5 Å². The molecule has 1 N–H and O–H groups in total. The Hall–Kier alpha value is -1.94. The summed E-state index contributed by atoms with van der Waals surface area (Å²) in [4.78, 5) is 14.2. The summed E-state index contributed by atoms with van der Waals surface area (Å²) >= 11 is 0. The molecule has 0 radical (unpaired) electrons. The number of nitrogens with one attached hydrogen (secondary N) is 1. The standard InChI is InChI=1S/C14H15FN2.C2H4O/c1-17-7-5-10(6-8-17)11-9-16-13-4-2-3-12(15)14(11)13;1-2-3/h2-5,9,16H,6-8H2,1H3;2H,1H3. The van der Waals surface area contributed by atoms with Gasteiger partial charge in [0.05, 0.1) is 0 Å². The van der Waals surface area contributed by atoms with Gasteiger partial charge in [0, 0.05) is 35.8 Å². The molecule has 0 bridgehead atoms. The molecule has 1 aliphatic rings. The lowest BCUT2D eigenvalue weighted by Gasteiger charge is -2.21. The number of nitrogens with zero attached hydrogens (tertiary/aromatic N) is 1. The highest BCUT2D eigenvalue weighted by Crippen LogP contribution is 2.30. The third-order valence-electron chi connectivity index (χ3n) is 3.41. The van der Waals surface area contributed by atoms with Gasteiger partial charge in [-0.1, -0.05) is 12.1 Å². The second-order valence-corrected chi connectivity index (χ2v) is 4.84. The van der Waals surface area contributed by atoms with Gasteiger partial charge in [-0.2, -0.15) is 0 Å². The molecule has 4 heteroatoms. The van der Waals surface area contributed by atoms with Gasteiger partial charge in [0.1, 0.15) is 12.1 Å². The molecule has 20 heavy (non-hydrogen) atoms. The minimum atomic E-state index is -0.140. The van der Waals surface area contributed by atoms with Crippen LogP contribution in [0.3, 0.4) is 0 Å². The van der Waals surface area contributed by atoms with E-state index in [-0.39, 0.29) is 5.82 Å². The van der Waals surface area contributed by atoms with Crippen LogP contribution in [0, 0.1) is 5.82 Å². The first-order valence-corrected chi connectivity index (χ1v) is 6.70. The fourth-order valence-electron chi connectivity index (χ4n) is 2.41. The van der Waals surface area contributed by atoms with Gasteiger partial charge in [0.2, 0.25) is 0 Å². The van der Waals surface area contributed by atoms with Crippen molar-refractivity contribution in [3.8, 4) is 0 Å². The van der Waals surface area contributed by atoms with Gasteiger partial charge < -0.3 is 14.7 Å². The molecule has 3 rings (SSSR count). The Morgan fingerprint density at radius 1 is 1.40 bits per heavy atom. The largest absolute Gasteiger partial charge is 0.360 e. The Balaban J connectivity index is 0.000000452. The van der Waals surface area contributed by atoms with Crippen LogP contribution in [0.2, 0.25) is 0 Å². The zero-order valence-electron chi connectivity index (χ0n) is 11.8. The fourth-order valence-corrected chi connectivity index (χ4v) is 2.41. The Morgan fingerprint density at radius 3 is 2.80 bits per heavy atom. The number of carbonyl (C=O) groups is 1. The first kappa shape index (κ1) is 14.5. The van der Waals surface area contributed by atoms with Crippen LogP contribution in [0.4, 0.5) is 4.39 Å². The van der Waals surface area contributed by atoms with Crippen molar-refractivity contribution in [2.75, 3.05) is 20.1 Å². The first-order valence-electron chi connectivity index (χ1n) is 6.70. The van der Waals surface area contributed by atoms with Crippen molar-refractivity contribution in [3.63, 3.8) is 0 Å². The van der Waals surface area contributed by atoms with Gasteiger partial charge in [-0.15, -0.1) is 0 Å². The average Bonchev–Trinajstić information content (AvgIpc) is 2.86. The highest BCUT2D eigenvalue weighted by Gasteiger charge is 2.15. The summed E-state index contributed by atoms with van der Waals surface area (Å²) in [6, 6.07) is 5.17. The van der Waals surface area contributed by atoms with E-state index in [1.807, 2.05) is 12.3 Å². The summed E-state index contributed by atoms with van der Waals surface area (Å²) in [5.41, 5.74) is 3.14. The van der Waals surface area contributed by atoms with E-state index in [0.29, 0.717) is 0 Å². The van der Waals surface area contributed by atoms with Gasteiger partial charge in [-0.25, -0.2) is 4.39 Å². The van der Waals surface area contributed by atoms with Crippen molar-refractivity contribution >= 4 is 22.8 Å². The molecule has 1 aliphatic heterocycles. The van der Waals surface area contributed by atoms with E-state index in [2.05, 4.69) is 23.0 Å². The molecule has 106 valence electrons. The van der Waals surface area contributed by atoms with Crippen molar-refractivity contribution in [2.45, 2.75) is 13.3 Å². The van der Waals surface area contributed by atoms with Crippen molar-refractivity contribution in [1.29, 1.82) is 0 Å². The van der Waals surface area contributed by atoms with Crippen LogP contribution in [-0.4, -0.2) is 36.3 Å². The van der Waals surface area contributed by atoms with Crippen molar-refractivity contribution in [2.24, 2.45) is 0 Å². The number of H-pyrrole nitrogens is 1. The summed E-state index contributed by atoms with van der Waals surface area (Å²) in [5, 5.41) is 0.725. The number of benzene rings is 1. The minimum Gasteiger partial charge on any atom is -0.360 e. The molecular formula is C16H19FN2O. The molecule has 0 atom stereocenters. The predicted octanol–water partition coefficient (Wildman–Crippen LogP) is 3.23. The maximum absolute atomic E-state index is 13.9. The Morgan fingerprint density at radius 2 is 2.15 bits per heavy atom. The SMILES string of the molecule is CC=O.CN1CC=C(c2c[nH]c3cccc(F)c23)CC1. The molecule has 1 aromatic carbocycles. The molecule has 2 aromatic rings. The maximum atomic E-state index is 13.9. The van der Waals surface area contributed by atoms with Gasteiger partial charge in [0.25, 0.3) is 0 Å². The van der Waals surface area contributed by atoms with Crippen molar-refractivity contribution in [3.05, 3.63) is 41.9 Å². The first-order chi connectivity index (χ1) is 9.67. The van der Waals surface area contributed by atoms with E-state index in [1.54, 1.807) is 6.07 Å². The third-order valence-corrected chi connectivity index (χ3v) is 3.41. The number of aromatic amines is 1. The van der Waals surface area contributed by atoms with E-state index in [9.17, 15) is 4.39 Å². The lowest BCUT2D eigenvalue weighted by molar-refractivity contribution is -0.106. The summed E-state index contributed by atoms with van der Waals surface area (Å²) in [5.74, 6) is -0.140. The normalized spacial score (nSPS) is 15.4. The molecule has 0 fully saturated rings. The average molecular weight is 274 g/mol. The van der Waals surface area contributed by atoms with E-state index in [0.717, 1.165) is 42.3 Å². The molecule has 2 heterocycles. The van der Waals surface area contributed by atoms with Crippen molar-refractivity contribution in [1.82, 2.24) is 9.88 Å². The highest BCUT2D eigenvalue weighted by molar-refractivity contribution is 5.93. The summed E-state index contributed by atoms with van der Waals surface area (Å²) in [6.45, 7) is 3.42. The number of hydrogen-bond donors (Lipinski definition) is 1. The summed E-state index contributed by atoms with van der Waals surface area (Å²) in [7, 11) is 2.10. The highest BCUT2D eigenvalue weighted by atomic mass is 19.1. The summed E-state index contributed by atoms with van der Waals surface area (Å²) < 4.78 is 13.9. The van der Waals surface area contributed by atoms with Gasteiger partial charge >= 0.3 is 0 Å². The molecule has 0 saturated carbocycles. The molecular weight excluding hydrogens is 255 g/mol. The quantitative estimate of drug-likeness (QED) is 0.810. The number of halogens is 1. The van der Waals surface area contributed by atoms with Gasteiger partial charge in [0.15, 0.2) is 0 Å². The number of aromatic nitrogens is 1. The van der Waals surface area contributed by atoms with Crippen LogP contribution in [0.1, 0.15) is 18.9 Å². The predicted molar refractivity (Wildman–Crippen MR) is 80.1 cm³/mol. The van der Waals surface area contributed by atoms with E-state index < -0.39 is 0 Å². The fraction of sp³-hybridized carbons (Fsp3) is 0.312. The Bertz CT molecular complexity index is 630. The van der Waals surface area contributed by atoms with E-state index in [1.165, 1.54) is 18.6 Å². The molecule has 3 nitrogen and oxygen atoms in total. The number of rotatable bonds is 1. The lowest BCUT2D eigenvalue weighted by atomic mass is 9.99.